The Kier molecular flexibility index (Phi) is 7.66. The van der Waals surface area contributed by atoms with E-state index in [1.54, 1.807) is 24.3 Å². The molecule has 0 saturated heterocycles. The standard InChI is InChI=1S/C19H21N3O7/c1-26-14-10-16(28-3)15(27-2)9-12(14)6-7-17(23)21-22-19(25)18(24)20-11-13-5-4-8-29-13/h4-10H,11H2,1-3H3,(H,20,24)(H,21,23)(H,22,25)/b7-6+. The minimum absolute atomic E-state index is 0.0478. The van der Waals surface area contributed by atoms with Crippen LogP contribution in [-0.4, -0.2) is 39.1 Å². The Balaban J connectivity index is 1.90. The number of amides is 3. The molecule has 1 aromatic carbocycles. The molecule has 2 rings (SSSR count). The van der Waals surface area contributed by atoms with Gasteiger partial charge in [0, 0.05) is 17.7 Å². The average molecular weight is 403 g/mol. The number of benzene rings is 1. The van der Waals surface area contributed by atoms with E-state index in [9.17, 15) is 14.4 Å². The first-order valence-corrected chi connectivity index (χ1v) is 8.37. The zero-order valence-electron chi connectivity index (χ0n) is 16.1. The minimum Gasteiger partial charge on any atom is -0.496 e. The summed E-state index contributed by atoms with van der Waals surface area (Å²) < 4.78 is 20.7. The monoisotopic (exact) mass is 403 g/mol. The van der Waals surface area contributed by atoms with E-state index < -0.39 is 17.7 Å². The lowest BCUT2D eigenvalue weighted by Gasteiger charge is -2.12. The van der Waals surface area contributed by atoms with Crippen LogP contribution in [0.4, 0.5) is 0 Å². The molecule has 10 nitrogen and oxygen atoms in total. The highest BCUT2D eigenvalue weighted by molar-refractivity contribution is 6.35. The summed E-state index contributed by atoms with van der Waals surface area (Å²) >= 11 is 0. The summed E-state index contributed by atoms with van der Waals surface area (Å²) in [5, 5.41) is 2.35. The van der Waals surface area contributed by atoms with Crippen molar-refractivity contribution in [3.8, 4) is 17.2 Å². The number of hydrogen-bond donors (Lipinski definition) is 3. The maximum atomic E-state index is 11.9. The Morgan fingerprint density at radius 1 is 0.966 bits per heavy atom. The van der Waals surface area contributed by atoms with Crippen LogP contribution >= 0.6 is 0 Å². The molecule has 0 aliphatic heterocycles. The fourth-order valence-corrected chi connectivity index (χ4v) is 2.23. The predicted octanol–water partition coefficient (Wildman–Crippen LogP) is 0.782. The molecule has 154 valence electrons. The van der Waals surface area contributed by atoms with Crippen molar-refractivity contribution >= 4 is 23.8 Å². The summed E-state index contributed by atoms with van der Waals surface area (Å²) in [6, 6.07) is 6.54. The molecular formula is C19H21N3O7. The van der Waals surface area contributed by atoms with Crippen molar-refractivity contribution in [3.63, 3.8) is 0 Å². The van der Waals surface area contributed by atoms with Gasteiger partial charge in [0.25, 0.3) is 5.91 Å². The molecule has 10 heteroatoms. The van der Waals surface area contributed by atoms with Crippen molar-refractivity contribution < 1.29 is 33.0 Å². The number of rotatable bonds is 7. The largest absolute Gasteiger partial charge is 0.496 e. The number of carbonyl (C=O) groups is 3. The number of ether oxygens (including phenoxy) is 3. The maximum absolute atomic E-state index is 11.9. The zero-order chi connectivity index (χ0) is 21.2. The van der Waals surface area contributed by atoms with Crippen molar-refractivity contribution in [1.29, 1.82) is 0 Å². The van der Waals surface area contributed by atoms with Gasteiger partial charge in [-0.2, -0.15) is 0 Å². The number of hydrogen-bond acceptors (Lipinski definition) is 7. The summed E-state index contributed by atoms with van der Waals surface area (Å²) in [7, 11) is 4.45. The molecule has 0 atom stereocenters. The Hall–Kier alpha value is -3.95. The normalized spacial score (nSPS) is 10.3. The lowest BCUT2D eigenvalue weighted by molar-refractivity contribution is -0.140. The molecule has 1 aromatic heterocycles. The molecular weight excluding hydrogens is 382 g/mol. The number of hydrazine groups is 1. The maximum Gasteiger partial charge on any atom is 0.327 e. The number of nitrogens with one attached hydrogen (secondary N) is 3. The van der Waals surface area contributed by atoms with Crippen molar-refractivity contribution in [2.24, 2.45) is 0 Å². The van der Waals surface area contributed by atoms with Gasteiger partial charge in [-0.3, -0.25) is 25.2 Å². The van der Waals surface area contributed by atoms with Gasteiger partial charge in [-0.15, -0.1) is 0 Å². The first kappa shape index (κ1) is 21.4. The first-order chi connectivity index (χ1) is 14.0. The van der Waals surface area contributed by atoms with Crippen LogP contribution in [0.25, 0.3) is 6.08 Å². The molecule has 0 aliphatic carbocycles. The highest BCUT2D eigenvalue weighted by Crippen LogP contribution is 2.35. The number of methoxy groups -OCH3 is 3. The third-order valence-electron chi connectivity index (χ3n) is 3.66. The van der Waals surface area contributed by atoms with Crippen molar-refractivity contribution in [1.82, 2.24) is 16.2 Å². The highest BCUT2D eigenvalue weighted by Gasteiger charge is 2.14. The Morgan fingerprint density at radius 3 is 2.28 bits per heavy atom. The number of furan rings is 1. The van der Waals surface area contributed by atoms with E-state index in [1.807, 2.05) is 5.43 Å². The van der Waals surface area contributed by atoms with Crippen LogP contribution in [0.2, 0.25) is 0 Å². The molecule has 0 spiro atoms. The van der Waals surface area contributed by atoms with Crippen LogP contribution in [0.15, 0.2) is 41.0 Å². The average Bonchev–Trinajstić information content (AvgIpc) is 3.27. The second-order valence-corrected chi connectivity index (χ2v) is 5.49. The van der Waals surface area contributed by atoms with E-state index in [0.717, 1.165) is 6.08 Å². The van der Waals surface area contributed by atoms with Gasteiger partial charge in [0.1, 0.15) is 11.5 Å². The smallest absolute Gasteiger partial charge is 0.327 e. The minimum atomic E-state index is -1.03. The molecule has 0 radical (unpaired) electrons. The van der Waals surface area contributed by atoms with Crippen LogP contribution in [0.1, 0.15) is 11.3 Å². The summed E-state index contributed by atoms with van der Waals surface area (Å²) in [4.78, 5) is 35.3. The van der Waals surface area contributed by atoms with Crippen LogP contribution in [0.5, 0.6) is 17.2 Å². The summed E-state index contributed by atoms with van der Waals surface area (Å²) in [6.45, 7) is 0.0478. The zero-order valence-corrected chi connectivity index (χ0v) is 16.1. The molecule has 0 bridgehead atoms. The number of carbonyl (C=O) groups excluding carboxylic acids is 3. The Bertz CT molecular complexity index is 891. The second-order valence-electron chi connectivity index (χ2n) is 5.49. The van der Waals surface area contributed by atoms with Crippen LogP contribution in [-0.2, 0) is 20.9 Å². The second kappa shape index (κ2) is 10.4. The fraction of sp³-hybridized carbons (Fsp3) is 0.211. The van der Waals surface area contributed by atoms with Crippen molar-refractivity contribution in [2.45, 2.75) is 6.54 Å². The molecule has 2 aromatic rings. The molecule has 0 saturated carbocycles. The summed E-state index contributed by atoms with van der Waals surface area (Å²) in [5.41, 5.74) is 4.66. The summed E-state index contributed by atoms with van der Waals surface area (Å²) in [5.74, 6) is -0.744. The Labute approximate surface area is 166 Å². The molecule has 0 fully saturated rings. The van der Waals surface area contributed by atoms with Gasteiger partial charge >= 0.3 is 11.8 Å². The summed E-state index contributed by atoms with van der Waals surface area (Å²) in [6.07, 6.45) is 4.06. The van der Waals surface area contributed by atoms with Gasteiger partial charge < -0.3 is 23.9 Å². The quantitative estimate of drug-likeness (QED) is 0.354. The van der Waals surface area contributed by atoms with E-state index in [1.165, 1.54) is 33.7 Å². The lowest BCUT2D eigenvalue weighted by Crippen LogP contribution is -2.47. The topological polar surface area (TPSA) is 128 Å². The van der Waals surface area contributed by atoms with Gasteiger partial charge in [-0.05, 0) is 24.3 Å². The molecule has 1 heterocycles. The van der Waals surface area contributed by atoms with E-state index >= 15 is 0 Å². The van der Waals surface area contributed by atoms with Gasteiger partial charge in [-0.25, -0.2) is 0 Å². The predicted molar refractivity (Wildman–Crippen MR) is 102 cm³/mol. The van der Waals surface area contributed by atoms with Crippen LogP contribution in [0, 0.1) is 0 Å². The molecule has 3 N–H and O–H groups in total. The van der Waals surface area contributed by atoms with Gasteiger partial charge in [0.15, 0.2) is 11.5 Å². The van der Waals surface area contributed by atoms with E-state index in [4.69, 9.17) is 18.6 Å². The third kappa shape index (κ3) is 6.03. The van der Waals surface area contributed by atoms with E-state index in [-0.39, 0.29) is 6.54 Å². The molecule has 0 unspecified atom stereocenters. The Morgan fingerprint density at radius 2 is 1.66 bits per heavy atom. The molecule has 0 aliphatic rings. The van der Waals surface area contributed by atoms with Crippen LogP contribution in [0.3, 0.4) is 0 Å². The highest BCUT2D eigenvalue weighted by atomic mass is 16.5. The van der Waals surface area contributed by atoms with E-state index in [2.05, 4.69) is 10.7 Å². The van der Waals surface area contributed by atoms with Gasteiger partial charge in [-0.1, -0.05) is 0 Å². The van der Waals surface area contributed by atoms with Crippen molar-refractivity contribution in [2.75, 3.05) is 21.3 Å². The fourth-order valence-electron chi connectivity index (χ4n) is 2.23. The van der Waals surface area contributed by atoms with Crippen molar-refractivity contribution in [3.05, 3.63) is 47.9 Å². The van der Waals surface area contributed by atoms with Crippen LogP contribution < -0.4 is 30.4 Å². The molecule has 29 heavy (non-hydrogen) atoms. The van der Waals surface area contributed by atoms with E-state index in [0.29, 0.717) is 28.6 Å². The lowest BCUT2D eigenvalue weighted by atomic mass is 10.1. The first-order valence-electron chi connectivity index (χ1n) is 8.37. The van der Waals surface area contributed by atoms with Gasteiger partial charge in [0.05, 0.1) is 34.1 Å². The molecule has 3 amide bonds. The van der Waals surface area contributed by atoms with Gasteiger partial charge in [0.2, 0.25) is 0 Å². The third-order valence-corrected chi connectivity index (χ3v) is 3.66. The SMILES string of the molecule is COc1cc(OC)c(OC)cc1/C=C/C(=O)NNC(=O)C(=O)NCc1ccco1.